The van der Waals surface area contributed by atoms with E-state index in [0.29, 0.717) is 5.56 Å². The minimum absolute atomic E-state index is 0.0462. The van der Waals surface area contributed by atoms with Crippen LogP contribution in [0.15, 0.2) is 23.8 Å². The molecule has 1 saturated carbocycles. The van der Waals surface area contributed by atoms with E-state index in [1.165, 1.54) is 37.8 Å². The number of amides is 1. The Hall–Kier alpha value is -2.62. The van der Waals surface area contributed by atoms with E-state index in [4.69, 9.17) is 4.74 Å². The molecule has 1 aliphatic rings. The lowest BCUT2D eigenvalue weighted by molar-refractivity contribution is -0.117. The highest BCUT2D eigenvalue weighted by Gasteiger charge is 2.18. The Balaban J connectivity index is 2.15. The van der Waals surface area contributed by atoms with E-state index in [0.717, 1.165) is 25.7 Å². The second-order valence-electron chi connectivity index (χ2n) is 5.77. The molecule has 0 bridgehead atoms. The van der Waals surface area contributed by atoms with Crippen LogP contribution in [0.5, 0.6) is 11.5 Å². The molecule has 1 fully saturated rings. The van der Waals surface area contributed by atoms with Gasteiger partial charge in [-0.3, -0.25) is 4.79 Å². The standard InChI is InChI=1S/C18H20F2N2O3/c1-24-16-10-12(7-8-15(16)25-18(19)20)9-13(11-21)17(23)22-14-5-3-2-4-6-14/h7-10,14,18H,2-6H2,1H3,(H,22,23). The number of nitrogens with zero attached hydrogens (tertiary/aromatic N) is 1. The van der Waals surface area contributed by atoms with Crippen molar-refractivity contribution in [1.82, 2.24) is 5.32 Å². The molecule has 1 amide bonds. The van der Waals surface area contributed by atoms with Gasteiger partial charge >= 0.3 is 6.61 Å². The molecular weight excluding hydrogens is 330 g/mol. The van der Waals surface area contributed by atoms with Gasteiger partial charge in [-0.15, -0.1) is 0 Å². The fourth-order valence-electron chi connectivity index (χ4n) is 2.79. The first-order valence-corrected chi connectivity index (χ1v) is 8.09. The summed E-state index contributed by atoms with van der Waals surface area (Å²) >= 11 is 0. The van der Waals surface area contributed by atoms with Gasteiger partial charge in [-0.1, -0.05) is 25.3 Å². The summed E-state index contributed by atoms with van der Waals surface area (Å²) in [5.41, 5.74) is 0.434. The van der Waals surface area contributed by atoms with Gasteiger partial charge in [0.05, 0.1) is 7.11 Å². The van der Waals surface area contributed by atoms with E-state index in [1.54, 1.807) is 0 Å². The molecule has 0 heterocycles. The molecule has 0 spiro atoms. The number of alkyl halides is 2. The van der Waals surface area contributed by atoms with Crippen LogP contribution in [0.3, 0.4) is 0 Å². The molecule has 5 nitrogen and oxygen atoms in total. The minimum atomic E-state index is -2.97. The third-order valence-corrected chi connectivity index (χ3v) is 4.02. The highest BCUT2D eigenvalue weighted by Crippen LogP contribution is 2.30. The van der Waals surface area contributed by atoms with Gasteiger partial charge in [-0.2, -0.15) is 14.0 Å². The summed E-state index contributed by atoms with van der Waals surface area (Å²) in [6, 6.07) is 6.19. The Morgan fingerprint density at radius 3 is 2.64 bits per heavy atom. The maximum absolute atomic E-state index is 12.3. The van der Waals surface area contributed by atoms with Gasteiger partial charge in [0.15, 0.2) is 11.5 Å². The first-order chi connectivity index (χ1) is 12.0. The van der Waals surface area contributed by atoms with Crippen molar-refractivity contribution in [1.29, 1.82) is 5.26 Å². The number of methoxy groups -OCH3 is 1. The maximum Gasteiger partial charge on any atom is 0.387 e. The van der Waals surface area contributed by atoms with Gasteiger partial charge in [0.1, 0.15) is 11.6 Å². The van der Waals surface area contributed by atoms with Crippen molar-refractivity contribution in [3.8, 4) is 17.6 Å². The van der Waals surface area contributed by atoms with Gasteiger partial charge in [-0.05, 0) is 36.6 Å². The van der Waals surface area contributed by atoms with Crippen LogP contribution in [0.1, 0.15) is 37.7 Å². The molecule has 0 aliphatic heterocycles. The Morgan fingerprint density at radius 1 is 1.32 bits per heavy atom. The lowest BCUT2D eigenvalue weighted by Gasteiger charge is -2.22. The molecule has 1 N–H and O–H groups in total. The molecule has 2 rings (SSSR count). The fourth-order valence-corrected chi connectivity index (χ4v) is 2.79. The van der Waals surface area contributed by atoms with Crippen LogP contribution in [-0.2, 0) is 4.79 Å². The van der Waals surface area contributed by atoms with Crippen molar-refractivity contribution < 1.29 is 23.0 Å². The molecule has 25 heavy (non-hydrogen) atoms. The summed E-state index contributed by atoms with van der Waals surface area (Å²) < 4.78 is 34.0. The van der Waals surface area contributed by atoms with Crippen LogP contribution in [0, 0.1) is 11.3 Å². The molecule has 1 aliphatic carbocycles. The number of benzene rings is 1. The largest absolute Gasteiger partial charge is 0.493 e. The van der Waals surface area contributed by atoms with Crippen molar-refractivity contribution in [2.75, 3.05) is 7.11 Å². The average molecular weight is 350 g/mol. The summed E-state index contributed by atoms with van der Waals surface area (Å²) in [4.78, 5) is 12.3. The summed E-state index contributed by atoms with van der Waals surface area (Å²) in [5.74, 6) is -0.444. The van der Waals surface area contributed by atoms with Crippen molar-refractivity contribution in [3.05, 3.63) is 29.3 Å². The topological polar surface area (TPSA) is 71.3 Å². The number of nitriles is 1. The van der Waals surface area contributed by atoms with Crippen LogP contribution in [-0.4, -0.2) is 25.7 Å². The number of ether oxygens (including phenoxy) is 2. The lowest BCUT2D eigenvalue weighted by Crippen LogP contribution is -2.36. The number of hydrogen-bond donors (Lipinski definition) is 1. The zero-order valence-corrected chi connectivity index (χ0v) is 13.9. The smallest absolute Gasteiger partial charge is 0.387 e. The van der Waals surface area contributed by atoms with Gasteiger partial charge in [0.2, 0.25) is 0 Å². The third kappa shape index (κ3) is 5.45. The van der Waals surface area contributed by atoms with Crippen molar-refractivity contribution >= 4 is 12.0 Å². The second-order valence-corrected chi connectivity index (χ2v) is 5.77. The molecule has 134 valence electrons. The van der Waals surface area contributed by atoms with Crippen LogP contribution in [0.25, 0.3) is 6.08 Å². The number of carbonyl (C=O) groups is 1. The summed E-state index contributed by atoms with van der Waals surface area (Å²) in [7, 11) is 1.32. The van der Waals surface area contributed by atoms with Gasteiger partial charge in [0.25, 0.3) is 5.91 Å². The van der Waals surface area contributed by atoms with Gasteiger partial charge < -0.3 is 14.8 Å². The SMILES string of the molecule is COc1cc(C=C(C#N)C(=O)NC2CCCCC2)ccc1OC(F)F. The zero-order valence-electron chi connectivity index (χ0n) is 13.9. The molecule has 0 radical (unpaired) electrons. The van der Waals surface area contributed by atoms with Crippen molar-refractivity contribution in [2.24, 2.45) is 0 Å². The normalized spacial score (nSPS) is 15.6. The summed E-state index contributed by atoms with van der Waals surface area (Å²) in [6.07, 6.45) is 6.53. The van der Waals surface area contributed by atoms with E-state index < -0.39 is 12.5 Å². The first kappa shape index (κ1) is 18.7. The zero-order chi connectivity index (χ0) is 18.2. The molecular formula is C18H20F2N2O3. The molecule has 0 aromatic heterocycles. The van der Waals surface area contributed by atoms with Crippen LogP contribution in [0.4, 0.5) is 8.78 Å². The predicted octanol–water partition coefficient (Wildman–Crippen LogP) is 3.65. The van der Waals surface area contributed by atoms with E-state index in [-0.39, 0.29) is 23.1 Å². The molecule has 7 heteroatoms. The lowest BCUT2D eigenvalue weighted by atomic mass is 9.95. The van der Waals surface area contributed by atoms with Crippen LogP contribution in [0.2, 0.25) is 0 Å². The molecule has 0 atom stereocenters. The van der Waals surface area contributed by atoms with E-state index in [2.05, 4.69) is 10.1 Å². The Kier molecular flexibility index (Phi) is 6.75. The number of halogens is 2. The average Bonchev–Trinajstić information content (AvgIpc) is 2.61. The van der Waals surface area contributed by atoms with E-state index in [9.17, 15) is 18.8 Å². The van der Waals surface area contributed by atoms with Crippen molar-refractivity contribution in [2.45, 2.75) is 44.8 Å². The Labute approximate surface area is 145 Å². The van der Waals surface area contributed by atoms with E-state index in [1.807, 2.05) is 6.07 Å². The summed E-state index contributed by atoms with van der Waals surface area (Å²) in [6.45, 7) is -2.97. The second kappa shape index (κ2) is 9.02. The highest BCUT2D eigenvalue weighted by molar-refractivity contribution is 6.01. The van der Waals surface area contributed by atoms with Gasteiger partial charge in [0, 0.05) is 6.04 Å². The van der Waals surface area contributed by atoms with E-state index >= 15 is 0 Å². The Bertz CT molecular complexity index is 677. The van der Waals surface area contributed by atoms with Crippen LogP contribution < -0.4 is 14.8 Å². The molecule has 1 aromatic rings. The number of carbonyl (C=O) groups excluding carboxylic acids is 1. The molecule has 0 unspecified atom stereocenters. The van der Waals surface area contributed by atoms with Crippen molar-refractivity contribution in [3.63, 3.8) is 0 Å². The van der Waals surface area contributed by atoms with Crippen LogP contribution >= 0.6 is 0 Å². The summed E-state index contributed by atoms with van der Waals surface area (Å²) in [5, 5.41) is 12.1. The molecule has 1 aromatic carbocycles. The number of hydrogen-bond acceptors (Lipinski definition) is 4. The maximum atomic E-state index is 12.3. The Morgan fingerprint density at radius 2 is 2.04 bits per heavy atom. The monoisotopic (exact) mass is 350 g/mol. The molecule has 0 saturated heterocycles. The first-order valence-electron chi connectivity index (χ1n) is 8.09. The quantitative estimate of drug-likeness (QED) is 0.628. The number of rotatable bonds is 6. The van der Waals surface area contributed by atoms with Gasteiger partial charge in [-0.25, -0.2) is 0 Å². The minimum Gasteiger partial charge on any atom is -0.493 e. The predicted molar refractivity (Wildman–Crippen MR) is 88.2 cm³/mol. The third-order valence-electron chi connectivity index (χ3n) is 4.02. The highest BCUT2D eigenvalue weighted by atomic mass is 19.3. The number of nitrogens with one attached hydrogen (secondary N) is 1. The fraction of sp³-hybridized carbons (Fsp3) is 0.444.